The van der Waals surface area contributed by atoms with Gasteiger partial charge in [0.1, 0.15) is 0 Å². The van der Waals surface area contributed by atoms with Crippen LogP contribution in [0.2, 0.25) is 0 Å². The molecule has 1 aromatic carbocycles. The molecule has 1 heterocycles. The van der Waals surface area contributed by atoms with E-state index in [0.717, 1.165) is 15.7 Å². The molecule has 0 aliphatic carbocycles. The summed E-state index contributed by atoms with van der Waals surface area (Å²) in [7, 11) is 0. The molecule has 2 rings (SSSR count). The average Bonchev–Trinajstić information content (AvgIpc) is 2.35. The molecule has 0 amide bonds. The van der Waals surface area contributed by atoms with Crippen molar-refractivity contribution in [2.24, 2.45) is 0 Å². The third-order valence-electron chi connectivity index (χ3n) is 2.89. The third-order valence-corrected chi connectivity index (χ3v) is 3.38. The quantitative estimate of drug-likeness (QED) is 0.689. The number of halogens is 1. The van der Waals surface area contributed by atoms with Crippen molar-refractivity contribution in [3.63, 3.8) is 0 Å². The largest absolute Gasteiger partial charge is 0.326 e. The van der Waals surface area contributed by atoms with Crippen LogP contribution < -0.4 is 5.56 Å². The van der Waals surface area contributed by atoms with Gasteiger partial charge < -0.3 is 4.98 Å². The minimum atomic E-state index is -0.341. The summed E-state index contributed by atoms with van der Waals surface area (Å²) in [6, 6.07) is 9.38. The number of aryl methyl sites for hydroxylation is 2. The molecule has 1 N–H and O–H groups in total. The molecule has 2 aromatic rings. The van der Waals surface area contributed by atoms with Crippen LogP contribution in [0.25, 0.3) is 6.08 Å². The van der Waals surface area contributed by atoms with E-state index in [2.05, 4.69) is 20.9 Å². The second kappa shape index (κ2) is 6.01. The maximum Gasteiger partial charge on any atom is 0.259 e. The van der Waals surface area contributed by atoms with Gasteiger partial charge in [-0.25, -0.2) is 0 Å². The number of aromatic nitrogens is 1. The van der Waals surface area contributed by atoms with Crippen LogP contribution in [0, 0.1) is 13.8 Å². The zero-order valence-electron chi connectivity index (χ0n) is 11.2. The molecule has 0 aliphatic rings. The second-order valence-corrected chi connectivity index (χ2v) is 5.51. The van der Waals surface area contributed by atoms with Gasteiger partial charge in [0.05, 0.1) is 5.56 Å². The van der Waals surface area contributed by atoms with Crippen molar-refractivity contribution < 1.29 is 4.79 Å². The lowest BCUT2D eigenvalue weighted by atomic mass is 10.1. The third kappa shape index (κ3) is 3.33. The molecule has 20 heavy (non-hydrogen) atoms. The van der Waals surface area contributed by atoms with Gasteiger partial charge in [0.25, 0.3) is 5.56 Å². The Hall–Kier alpha value is -1.94. The Bertz CT molecular complexity index is 744. The van der Waals surface area contributed by atoms with Crippen molar-refractivity contribution in [3.05, 3.63) is 73.6 Å². The first-order valence-corrected chi connectivity index (χ1v) is 6.95. The Morgan fingerprint density at radius 2 is 2.00 bits per heavy atom. The van der Waals surface area contributed by atoms with E-state index in [-0.39, 0.29) is 16.9 Å². The zero-order chi connectivity index (χ0) is 14.7. The van der Waals surface area contributed by atoms with Crippen molar-refractivity contribution in [3.8, 4) is 0 Å². The fourth-order valence-corrected chi connectivity index (χ4v) is 2.44. The number of allylic oxidation sites excluding steroid dienone is 1. The van der Waals surface area contributed by atoms with E-state index in [1.165, 1.54) is 6.08 Å². The summed E-state index contributed by atoms with van der Waals surface area (Å²) in [6.45, 7) is 3.56. The lowest BCUT2D eigenvalue weighted by molar-refractivity contribution is 0.104. The number of hydrogen-bond acceptors (Lipinski definition) is 2. The molecule has 0 saturated carbocycles. The minimum Gasteiger partial charge on any atom is -0.326 e. The molecular weight excluding hydrogens is 318 g/mol. The SMILES string of the molecule is Cc1cc(C)c(C(=O)C=Cc2cccc(Br)c2)c(=O)[nH]1. The van der Waals surface area contributed by atoms with Gasteiger partial charge in [0, 0.05) is 10.2 Å². The summed E-state index contributed by atoms with van der Waals surface area (Å²) >= 11 is 3.37. The predicted molar refractivity (Wildman–Crippen MR) is 84.0 cm³/mol. The predicted octanol–water partition coefficient (Wildman–Crippen LogP) is 3.65. The summed E-state index contributed by atoms with van der Waals surface area (Å²) < 4.78 is 0.941. The average molecular weight is 332 g/mol. The molecule has 102 valence electrons. The summed E-state index contributed by atoms with van der Waals surface area (Å²) in [6.07, 6.45) is 3.13. The van der Waals surface area contributed by atoms with Crippen molar-refractivity contribution in [1.29, 1.82) is 0 Å². The van der Waals surface area contributed by atoms with Crippen molar-refractivity contribution in [1.82, 2.24) is 4.98 Å². The minimum absolute atomic E-state index is 0.196. The number of hydrogen-bond donors (Lipinski definition) is 1. The van der Waals surface area contributed by atoms with Crippen LogP contribution >= 0.6 is 15.9 Å². The van der Waals surface area contributed by atoms with Gasteiger partial charge in [-0.15, -0.1) is 0 Å². The smallest absolute Gasteiger partial charge is 0.259 e. The van der Waals surface area contributed by atoms with Gasteiger partial charge >= 0.3 is 0 Å². The number of pyridine rings is 1. The van der Waals surface area contributed by atoms with E-state index in [9.17, 15) is 9.59 Å². The van der Waals surface area contributed by atoms with Crippen LogP contribution in [-0.2, 0) is 0 Å². The van der Waals surface area contributed by atoms with E-state index in [1.54, 1.807) is 26.0 Å². The first-order chi connectivity index (χ1) is 9.47. The fourth-order valence-electron chi connectivity index (χ4n) is 2.03. The second-order valence-electron chi connectivity index (χ2n) is 4.59. The molecule has 0 unspecified atom stereocenters. The van der Waals surface area contributed by atoms with E-state index in [0.29, 0.717) is 5.56 Å². The molecule has 0 aliphatic heterocycles. The Kier molecular flexibility index (Phi) is 4.35. The van der Waals surface area contributed by atoms with Gasteiger partial charge in [0.15, 0.2) is 5.78 Å². The number of benzene rings is 1. The lowest BCUT2D eigenvalue weighted by Gasteiger charge is -2.02. The first-order valence-electron chi connectivity index (χ1n) is 6.16. The molecule has 0 radical (unpaired) electrons. The highest BCUT2D eigenvalue weighted by molar-refractivity contribution is 9.10. The molecule has 0 saturated heterocycles. The highest BCUT2D eigenvalue weighted by Crippen LogP contribution is 2.13. The summed E-state index contributed by atoms with van der Waals surface area (Å²) in [5.74, 6) is -0.288. The monoisotopic (exact) mass is 331 g/mol. The molecule has 4 heteroatoms. The molecule has 0 atom stereocenters. The van der Waals surface area contributed by atoms with Crippen molar-refractivity contribution >= 4 is 27.8 Å². The van der Waals surface area contributed by atoms with Crippen LogP contribution in [0.15, 0.2) is 45.7 Å². The van der Waals surface area contributed by atoms with E-state index >= 15 is 0 Å². The standard InChI is InChI=1S/C16H14BrNO2/c1-10-8-11(2)18-16(20)15(10)14(19)7-6-12-4-3-5-13(17)9-12/h3-9H,1-2H3,(H,18,20). The van der Waals surface area contributed by atoms with Crippen LogP contribution in [0.4, 0.5) is 0 Å². The molecule has 0 bridgehead atoms. The molecule has 0 spiro atoms. The van der Waals surface area contributed by atoms with Crippen molar-refractivity contribution in [2.45, 2.75) is 13.8 Å². The van der Waals surface area contributed by atoms with Crippen molar-refractivity contribution in [2.75, 3.05) is 0 Å². The Balaban J connectivity index is 2.32. The van der Waals surface area contributed by atoms with Gasteiger partial charge in [-0.05, 0) is 49.2 Å². The van der Waals surface area contributed by atoms with Gasteiger partial charge in [-0.2, -0.15) is 0 Å². The Morgan fingerprint density at radius 1 is 1.25 bits per heavy atom. The maximum atomic E-state index is 12.1. The number of carbonyl (C=O) groups is 1. The normalized spacial score (nSPS) is 10.9. The van der Waals surface area contributed by atoms with Gasteiger partial charge in [-0.3, -0.25) is 9.59 Å². The first kappa shape index (κ1) is 14.5. The zero-order valence-corrected chi connectivity index (χ0v) is 12.8. The molecule has 0 fully saturated rings. The number of carbonyl (C=O) groups excluding carboxylic acids is 1. The maximum absolute atomic E-state index is 12.1. The highest BCUT2D eigenvalue weighted by atomic mass is 79.9. The van der Waals surface area contributed by atoms with Crippen LogP contribution in [0.5, 0.6) is 0 Å². The van der Waals surface area contributed by atoms with E-state index in [4.69, 9.17) is 0 Å². The Morgan fingerprint density at radius 3 is 2.65 bits per heavy atom. The fraction of sp³-hybridized carbons (Fsp3) is 0.125. The topological polar surface area (TPSA) is 49.9 Å². The number of rotatable bonds is 3. The molecular formula is C16H14BrNO2. The van der Waals surface area contributed by atoms with E-state index in [1.807, 2.05) is 24.3 Å². The summed E-state index contributed by atoms with van der Waals surface area (Å²) in [5, 5.41) is 0. The molecule has 1 aromatic heterocycles. The lowest BCUT2D eigenvalue weighted by Crippen LogP contribution is -2.19. The van der Waals surface area contributed by atoms with Crippen LogP contribution in [-0.4, -0.2) is 10.8 Å². The summed E-state index contributed by atoms with van der Waals surface area (Å²) in [4.78, 5) is 26.6. The van der Waals surface area contributed by atoms with Crippen LogP contribution in [0.1, 0.15) is 27.2 Å². The number of H-pyrrole nitrogens is 1. The van der Waals surface area contributed by atoms with Crippen LogP contribution in [0.3, 0.4) is 0 Å². The summed E-state index contributed by atoms with van der Waals surface area (Å²) in [5.41, 5.74) is 2.19. The highest BCUT2D eigenvalue weighted by Gasteiger charge is 2.11. The number of aromatic amines is 1. The number of ketones is 1. The van der Waals surface area contributed by atoms with Gasteiger partial charge in [0.2, 0.25) is 0 Å². The number of nitrogens with one attached hydrogen (secondary N) is 1. The Labute approximate surface area is 125 Å². The van der Waals surface area contributed by atoms with E-state index < -0.39 is 0 Å². The molecule has 3 nitrogen and oxygen atoms in total. The van der Waals surface area contributed by atoms with Gasteiger partial charge in [-0.1, -0.05) is 34.1 Å².